The highest BCUT2D eigenvalue weighted by atomic mass is 32.1. The van der Waals surface area contributed by atoms with Crippen molar-refractivity contribution >= 4 is 50.3 Å². The number of fused-ring (bicyclic) bond motifs is 3. The number of aromatic nitrogens is 4. The van der Waals surface area contributed by atoms with Crippen LogP contribution in [0.5, 0.6) is 11.6 Å². The Morgan fingerprint density at radius 2 is 1.90 bits per heavy atom. The topological polar surface area (TPSA) is 156 Å². The standard InChI is InChI=1S/C35H34F3N7O6S/c1-3-21-28(43-8-10-44(11-9-43)33(49)26-22(46)4-5-23-27(26)40-17-51-23)29(48)30-31(41-32(52-30)18-6-7-39-25(12-18)50-2)45(21)16-24(47)42-34-13-19(14-34)20(15-34)35(36,37)38/h4-7,12,17,19-20,46H,3,8-11,13-16H2,1-2H3,(H,42,47). The zero-order valence-corrected chi connectivity index (χ0v) is 29.0. The number of amides is 2. The molecule has 3 aliphatic carbocycles. The first-order valence-electron chi connectivity index (χ1n) is 16.9. The van der Waals surface area contributed by atoms with Crippen LogP contribution in [0.2, 0.25) is 0 Å². The molecule has 4 fully saturated rings. The lowest BCUT2D eigenvalue weighted by Crippen LogP contribution is -2.53. The Bertz CT molecular complexity index is 2290. The molecular weight excluding hydrogens is 703 g/mol. The number of anilines is 1. The molecule has 0 spiro atoms. The summed E-state index contributed by atoms with van der Waals surface area (Å²) in [5, 5.41) is 14.0. The van der Waals surface area contributed by atoms with Crippen molar-refractivity contribution in [1.82, 2.24) is 29.7 Å². The van der Waals surface area contributed by atoms with Crippen LogP contribution in [0.3, 0.4) is 0 Å². The number of halogens is 3. The Balaban J connectivity index is 1.13. The summed E-state index contributed by atoms with van der Waals surface area (Å²) in [4.78, 5) is 58.3. The van der Waals surface area contributed by atoms with Gasteiger partial charge in [-0.25, -0.2) is 15.0 Å². The lowest BCUT2D eigenvalue weighted by atomic mass is 9.76. The van der Waals surface area contributed by atoms with Gasteiger partial charge < -0.3 is 33.9 Å². The number of piperazine rings is 1. The predicted octanol–water partition coefficient (Wildman–Crippen LogP) is 4.75. The van der Waals surface area contributed by atoms with Gasteiger partial charge in [0.2, 0.25) is 17.2 Å². The number of hydrogen-bond acceptors (Lipinski definition) is 11. The Kier molecular flexibility index (Phi) is 8.15. The number of oxazole rings is 1. The van der Waals surface area contributed by atoms with Crippen molar-refractivity contribution in [1.29, 1.82) is 0 Å². The van der Waals surface area contributed by atoms with Crippen LogP contribution >= 0.6 is 11.3 Å². The first-order valence-corrected chi connectivity index (χ1v) is 17.7. The number of methoxy groups -OCH3 is 1. The second-order valence-electron chi connectivity index (χ2n) is 13.6. The fourth-order valence-electron chi connectivity index (χ4n) is 8.19. The van der Waals surface area contributed by atoms with Gasteiger partial charge in [0.1, 0.15) is 38.8 Å². The van der Waals surface area contributed by atoms with Crippen molar-refractivity contribution < 1.29 is 37.0 Å². The Morgan fingerprint density at radius 1 is 1.13 bits per heavy atom. The molecule has 0 radical (unpaired) electrons. The molecule has 13 nitrogen and oxygen atoms in total. The van der Waals surface area contributed by atoms with Crippen molar-refractivity contribution in [3.63, 3.8) is 0 Å². The fourth-order valence-corrected chi connectivity index (χ4v) is 9.20. The summed E-state index contributed by atoms with van der Waals surface area (Å²) in [5.74, 6) is -2.66. The number of alkyl halides is 3. The number of aromatic hydroxyl groups is 1. The Labute approximate surface area is 298 Å². The van der Waals surface area contributed by atoms with E-state index in [9.17, 15) is 32.7 Å². The molecule has 5 heterocycles. The first kappa shape index (κ1) is 33.9. The zero-order chi connectivity index (χ0) is 36.5. The number of carbonyl (C=O) groups excluding carboxylic acids is 2. The molecule has 3 saturated carbocycles. The largest absolute Gasteiger partial charge is 0.507 e. The number of nitrogens with zero attached hydrogens (tertiary/aromatic N) is 6. The molecule has 1 aliphatic heterocycles. The molecule has 1 unspecified atom stereocenters. The Morgan fingerprint density at radius 3 is 2.60 bits per heavy atom. The number of benzene rings is 1. The highest BCUT2D eigenvalue weighted by molar-refractivity contribution is 7.21. The maximum atomic E-state index is 14.4. The van der Waals surface area contributed by atoms with E-state index in [1.165, 1.54) is 25.6 Å². The monoisotopic (exact) mass is 737 g/mol. The van der Waals surface area contributed by atoms with Gasteiger partial charge in [-0.15, -0.1) is 11.3 Å². The van der Waals surface area contributed by atoms with E-state index in [4.69, 9.17) is 14.1 Å². The molecule has 1 atom stereocenters. The third-order valence-corrected chi connectivity index (χ3v) is 11.7. The summed E-state index contributed by atoms with van der Waals surface area (Å²) in [6.07, 6.45) is -0.779. The highest BCUT2D eigenvalue weighted by Gasteiger charge is 2.64. The predicted molar refractivity (Wildman–Crippen MR) is 185 cm³/mol. The van der Waals surface area contributed by atoms with E-state index in [-0.39, 0.29) is 74.2 Å². The van der Waals surface area contributed by atoms with Crippen molar-refractivity contribution in [2.75, 3.05) is 38.2 Å². The molecular formula is C35H34F3N7O6S. The average molecular weight is 738 g/mol. The second-order valence-corrected chi connectivity index (χ2v) is 14.6. The van der Waals surface area contributed by atoms with Gasteiger partial charge in [0.25, 0.3) is 5.91 Å². The van der Waals surface area contributed by atoms with E-state index in [0.29, 0.717) is 50.2 Å². The number of thiazole rings is 1. The molecule has 2 amide bonds. The minimum atomic E-state index is -4.31. The van der Waals surface area contributed by atoms with Crippen LogP contribution in [0.25, 0.3) is 32.0 Å². The van der Waals surface area contributed by atoms with Crippen LogP contribution in [0.4, 0.5) is 18.9 Å². The van der Waals surface area contributed by atoms with Crippen LogP contribution in [-0.4, -0.2) is 86.3 Å². The van der Waals surface area contributed by atoms with Crippen LogP contribution in [0.1, 0.15) is 42.2 Å². The summed E-state index contributed by atoms with van der Waals surface area (Å²) >= 11 is 1.16. The van der Waals surface area contributed by atoms with Crippen LogP contribution in [-0.2, 0) is 17.8 Å². The normalized spacial score (nSPS) is 21.5. The third-order valence-electron chi connectivity index (χ3n) is 10.6. The van der Waals surface area contributed by atoms with Gasteiger partial charge >= 0.3 is 6.18 Å². The summed E-state index contributed by atoms with van der Waals surface area (Å²) in [7, 11) is 1.49. The highest BCUT2D eigenvalue weighted by Crippen LogP contribution is 2.60. The second kappa shape index (κ2) is 12.5. The summed E-state index contributed by atoms with van der Waals surface area (Å²) in [6.45, 7) is 2.61. The van der Waals surface area contributed by atoms with Crippen molar-refractivity contribution in [2.45, 2.75) is 50.9 Å². The van der Waals surface area contributed by atoms with Crippen molar-refractivity contribution in [3.8, 4) is 22.2 Å². The minimum Gasteiger partial charge on any atom is -0.507 e. The number of phenols is 1. The van der Waals surface area contributed by atoms with Gasteiger partial charge in [-0.1, -0.05) is 6.92 Å². The molecule has 5 aromatic rings. The lowest BCUT2D eigenvalue weighted by molar-refractivity contribution is -0.180. The van der Waals surface area contributed by atoms with Gasteiger partial charge in [0.15, 0.2) is 17.6 Å². The molecule has 17 heteroatoms. The smallest absolute Gasteiger partial charge is 0.392 e. The van der Waals surface area contributed by atoms with Crippen LogP contribution < -0.4 is 20.4 Å². The number of pyridine rings is 2. The van der Waals surface area contributed by atoms with E-state index >= 15 is 0 Å². The molecule has 1 saturated heterocycles. The van der Waals surface area contributed by atoms with Gasteiger partial charge in [0.05, 0.1) is 13.0 Å². The van der Waals surface area contributed by atoms with Gasteiger partial charge in [-0.05, 0) is 49.8 Å². The number of rotatable bonds is 8. The first-order chi connectivity index (χ1) is 24.9. The van der Waals surface area contributed by atoms with Gasteiger partial charge in [0, 0.05) is 55.2 Å². The fraction of sp³-hybridized carbons (Fsp3) is 0.429. The summed E-state index contributed by atoms with van der Waals surface area (Å²) in [6, 6.07) is 6.35. The van der Waals surface area contributed by atoms with Crippen LogP contribution in [0, 0.1) is 11.8 Å². The zero-order valence-electron chi connectivity index (χ0n) is 28.2. The number of ether oxygens (including phenoxy) is 1. The number of nitrogens with one attached hydrogen (secondary N) is 1. The van der Waals surface area contributed by atoms with E-state index in [1.54, 1.807) is 27.8 Å². The average Bonchev–Trinajstić information content (AvgIpc) is 3.92. The van der Waals surface area contributed by atoms with Crippen molar-refractivity contribution in [2.24, 2.45) is 11.8 Å². The quantitative estimate of drug-likeness (QED) is 0.228. The lowest BCUT2D eigenvalue weighted by Gasteiger charge is -2.39. The van der Waals surface area contributed by atoms with E-state index in [1.807, 2.05) is 11.8 Å². The number of hydrogen-bond donors (Lipinski definition) is 2. The summed E-state index contributed by atoms with van der Waals surface area (Å²) < 4.78 is 53.5. The number of carbonyl (C=O) groups is 2. The molecule has 272 valence electrons. The Hall–Kier alpha value is -5.19. The van der Waals surface area contributed by atoms with E-state index in [2.05, 4.69) is 15.3 Å². The van der Waals surface area contributed by atoms with Gasteiger partial charge in [-0.3, -0.25) is 14.4 Å². The maximum Gasteiger partial charge on any atom is 0.392 e. The molecule has 1 aromatic carbocycles. The molecule has 2 N–H and O–H groups in total. The van der Waals surface area contributed by atoms with Gasteiger partial charge in [-0.2, -0.15) is 13.2 Å². The molecule has 2 bridgehead atoms. The van der Waals surface area contributed by atoms with E-state index in [0.717, 1.165) is 11.3 Å². The van der Waals surface area contributed by atoms with Crippen molar-refractivity contribution in [3.05, 3.63) is 58.3 Å². The minimum absolute atomic E-state index is 0.0368. The van der Waals surface area contributed by atoms with E-state index < -0.39 is 35.4 Å². The summed E-state index contributed by atoms with van der Waals surface area (Å²) in [5.41, 5.74) is 1.35. The molecule has 9 rings (SSSR count). The maximum absolute atomic E-state index is 14.4. The third kappa shape index (κ3) is 5.61. The molecule has 4 aromatic heterocycles. The van der Waals surface area contributed by atoms with Crippen LogP contribution in [0.15, 0.2) is 46.1 Å². The SMILES string of the molecule is CCc1c(N2CCN(C(=O)c3c(O)ccc4ocnc34)CC2)c(=O)c2sc(-c3ccnc(OC)c3)nc2n1CC(=O)NC12CC(C1)C(C(F)(F)F)C2. The molecule has 52 heavy (non-hydrogen) atoms. The molecule has 4 aliphatic rings. The number of phenolic OH excluding ortho intramolecular Hbond substituents is 1.